The SMILES string of the molecule is Cc1c(Br)cccc1-c1nc2cc(C=N[S+]([O-])C(C)(C)C)cc(Cl)c2o1. The second-order valence-electron chi connectivity index (χ2n) is 6.88. The molecule has 0 aliphatic carbocycles. The van der Waals surface area contributed by atoms with Crippen LogP contribution < -0.4 is 0 Å². The molecule has 0 fully saturated rings. The summed E-state index contributed by atoms with van der Waals surface area (Å²) in [4.78, 5) is 4.57. The molecule has 0 spiro atoms. The fourth-order valence-electron chi connectivity index (χ4n) is 2.31. The van der Waals surface area contributed by atoms with Crippen LogP contribution >= 0.6 is 27.5 Å². The van der Waals surface area contributed by atoms with Gasteiger partial charge in [-0.05, 0) is 57.5 Å². The zero-order valence-electron chi connectivity index (χ0n) is 14.8. The predicted octanol–water partition coefficient (Wildman–Crippen LogP) is 6.10. The zero-order chi connectivity index (χ0) is 19.1. The van der Waals surface area contributed by atoms with Gasteiger partial charge in [0.2, 0.25) is 5.89 Å². The first-order chi connectivity index (χ1) is 12.2. The molecule has 0 radical (unpaired) electrons. The van der Waals surface area contributed by atoms with E-state index >= 15 is 0 Å². The average Bonchev–Trinajstić information content (AvgIpc) is 2.98. The van der Waals surface area contributed by atoms with E-state index in [1.54, 1.807) is 12.3 Å². The standard InChI is InChI=1S/C19H18BrClN2O2S/c1-11-13(6-5-7-14(11)20)18-23-16-9-12(8-15(21)17(16)25-18)10-22-26(24)19(2,3)4/h5-10H,1-4H3. The van der Waals surface area contributed by atoms with Gasteiger partial charge in [-0.3, -0.25) is 0 Å². The van der Waals surface area contributed by atoms with Crippen molar-refractivity contribution in [3.63, 3.8) is 0 Å². The molecule has 2 aromatic carbocycles. The number of oxazole rings is 1. The van der Waals surface area contributed by atoms with Gasteiger partial charge < -0.3 is 8.97 Å². The van der Waals surface area contributed by atoms with E-state index in [1.165, 1.54) is 0 Å². The highest BCUT2D eigenvalue weighted by atomic mass is 79.9. The van der Waals surface area contributed by atoms with Crippen LogP contribution in [-0.4, -0.2) is 20.5 Å². The Bertz CT molecular complexity index is 995. The van der Waals surface area contributed by atoms with Crippen molar-refractivity contribution in [2.45, 2.75) is 32.4 Å². The maximum absolute atomic E-state index is 12.1. The number of rotatable bonds is 3. The molecular weight excluding hydrogens is 436 g/mol. The summed E-state index contributed by atoms with van der Waals surface area (Å²) in [7, 11) is 0. The number of nitrogens with zero attached hydrogens (tertiary/aromatic N) is 2. The Kier molecular flexibility index (Phi) is 5.49. The van der Waals surface area contributed by atoms with Crippen molar-refractivity contribution < 1.29 is 8.97 Å². The lowest BCUT2D eigenvalue weighted by Crippen LogP contribution is -2.25. The van der Waals surface area contributed by atoms with Gasteiger partial charge in [-0.2, -0.15) is 0 Å². The lowest BCUT2D eigenvalue weighted by Gasteiger charge is -2.17. The molecule has 1 heterocycles. The van der Waals surface area contributed by atoms with Gasteiger partial charge in [-0.15, -0.1) is 0 Å². The molecule has 0 amide bonds. The molecule has 1 unspecified atom stereocenters. The molecule has 136 valence electrons. The minimum absolute atomic E-state index is 0.413. The molecule has 0 saturated heterocycles. The van der Waals surface area contributed by atoms with Crippen LogP contribution in [0.5, 0.6) is 0 Å². The molecule has 3 aromatic rings. The molecule has 0 N–H and O–H groups in total. The van der Waals surface area contributed by atoms with Gasteiger partial charge >= 0.3 is 0 Å². The summed E-state index contributed by atoms with van der Waals surface area (Å²) < 4.78 is 22.7. The maximum Gasteiger partial charge on any atom is 0.227 e. The van der Waals surface area contributed by atoms with Gasteiger partial charge in [-0.25, -0.2) is 4.98 Å². The Balaban J connectivity index is 2.02. The van der Waals surface area contributed by atoms with Crippen LogP contribution in [0.15, 0.2) is 43.6 Å². The van der Waals surface area contributed by atoms with Crippen LogP contribution in [0.4, 0.5) is 0 Å². The third-order valence-electron chi connectivity index (χ3n) is 3.79. The van der Waals surface area contributed by atoms with Gasteiger partial charge in [0.25, 0.3) is 0 Å². The maximum atomic E-state index is 12.1. The molecule has 26 heavy (non-hydrogen) atoms. The van der Waals surface area contributed by atoms with E-state index < -0.39 is 16.1 Å². The Morgan fingerprint density at radius 2 is 2.04 bits per heavy atom. The second kappa shape index (κ2) is 7.35. The Morgan fingerprint density at radius 3 is 2.73 bits per heavy atom. The number of fused-ring (bicyclic) bond motifs is 1. The largest absolute Gasteiger partial charge is 0.591 e. The Morgan fingerprint density at radius 1 is 1.31 bits per heavy atom. The van der Waals surface area contributed by atoms with Crippen LogP contribution in [0, 0.1) is 6.92 Å². The lowest BCUT2D eigenvalue weighted by atomic mass is 10.1. The van der Waals surface area contributed by atoms with Gasteiger partial charge in [0.05, 0.1) is 11.2 Å². The zero-order valence-corrected chi connectivity index (χ0v) is 18.0. The second-order valence-corrected chi connectivity index (χ2v) is 10.1. The summed E-state index contributed by atoms with van der Waals surface area (Å²) in [5.74, 6) is 0.507. The third-order valence-corrected chi connectivity index (χ3v) is 6.27. The van der Waals surface area contributed by atoms with Crippen molar-refractivity contribution in [1.29, 1.82) is 0 Å². The number of halogens is 2. The van der Waals surface area contributed by atoms with Gasteiger partial charge in [0.1, 0.15) is 21.6 Å². The molecule has 0 aliphatic rings. The molecular formula is C19H18BrClN2O2S. The molecule has 1 aromatic heterocycles. The molecule has 1 atom stereocenters. The number of benzene rings is 2. The van der Waals surface area contributed by atoms with E-state index in [0.717, 1.165) is 21.2 Å². The van der Waals surface area contributed by atoms with Crippen LogP contribution in [0.3, 0.4) is 0 Å². The van der Waals surface area contributed by atoms with Crippen LogP contribution in [0.25, 0.3) is 22.6 Å². The van der Waals surface area contributed by atoms with Gasteiger partial charge in [0.15, 0.2) is 5.58 Å². The van der Waals surface area contributed by atoms with E-state index in [2.05, 4.69) is 25.3 Å². The molecule has 0 bridgehead atoms. The highest BCUT2D eigenvalue weighted by Gasteiger charge is 2.26. The normalized spacial score (nSPS) is 13.7. The molecule has 0 aliphatic heterocycles. The molecule has 7 heteroatoms. The van der Waals surface area contributed by atoms with Crippen LogP contribution in [-0.2, 0) is 11.4 Å². The van der Waals surface area contributed by atoms with E-state index in [4.69, 9.17) is 16.0 Å². The third kappa shape index (κ3) is 3.98. The Labute approximate surface area is 169 Å². The van der Waals surface area contributed by atoms with Crippen molar-refractivity contribution in [2.75, 3.05) is 0 Å². The average molecular weight is 454 g/mol. The summed E-state index contributed by atoms with van der Waals surface area (Å²) in [5, 5.41) is 0.442. The predicted molar refractivity (Wildman–Crippen MR) is 112 cm³/mol. The first-order valence-corrected chi connectivity index (χ1v) is 10.3. The van der Waals surface area contributed by atoms with Crippen molar-refractivity contribution in [3.8, 4) is 11.5 Å². The first-order valence-electron chi connectivity index (χ1n) is 7.98. The van der Waals surface area contributed by atoms with Crippen molar-refractivity contribution >= 4 is 56.2 Å². The summed E-state index contributed by atoms with van der Waals surface area (Å²) in [6.07, 6.45) is 1.56. The van der Waals surface area contributed by atoms with Gasteiger partial charge in [-0.1, -0.05) is 38.0 Å². The smallest absolute Gasteiger partial charge is 0.227 e. The topological polar surface area (TPSA) is 61.5 Å². The number of aromatic nitrogens is 1. The number of hydrogen-bond donors (Lipinski definition) is 0. The highest BCUT2D eigenvalue weighted by molar-refractivity contribution is 9.10. The van der Waals surface area contributed by atoms with E-state index in [9.17, 15) is 4.55 Å². The summed E-state index contributed by atoms with van der Waals surface area (Å²) in [6.45, 7) is 7.62. The van der Waals surface area contributed by atoms with Crippen molar-refractivity contribution in [2.24, 2.45) is 4.40 Å². The van der Waals surface area contributed by atoms with E-state index in [1.807, 2.05) is 52.0 Å². The fraction of sp³-hybridized carbons (Fsp3) is 0.263. The van der Waals surface area contributed by atoms with Crippen molar-refractivity contribution in [1.82, 2.24) is 4.98 Å². The monoisotopic (exact) mass is 452 g/mol. The summed E-state index contributed by atoms with van der Waals surface area (Å²) in [6, 6.07) is 9.41. The quantitative estimate of drug-likeness (QED) is 0.355. The lowest BCUT2D eigenvalue weighted by molar-refractivity contribution is 0.562. The van der Waals surface area contributed by atoms with Crippen LogP contribution in [0.1, 0.15) is 31.9 Å². The molecule has 0 saturated carbocycles. The summed E-state index contributed by atoms with van der Waals surface area (Å²) in [5.41, 5.74) is 3.82. The minimum atomic E-state index is -1.33. The minimum Gasteiger partial charge on any atom is -0.591 e. The first kappa shape index (κ1) is 19.4. The van der Waals surface area contributed by atoms with Crippen LogP contribution in [0.2, 0.25) is 5.02 Å². The molecule has 3 rings (SSSR count). The van der Waals surface area contributed by atoms with Crippen molar-refractivity contribution in [3.05, 3.63) is 51.0 Å². The highest BCUT2D eigenvalue weighted by Crippen LogP contribution is 2.33. The fourth-order valence-corrected chi connectivity index (χ4v) is 3.47. The summed E-state index contributed by atoms with van der Waals surface area (Å²) >= 11 is 8.55. The number of hydrogen-bond acceptors (Lipinski definition) is 4. The van der Waals surface area contributed by atoms with Gasteiger partial charge in [0, 0.05) is 15.6 Å². The van der Waals surface area contributed by atoms with E-state index in [-0.39, 0.29) is 0 Å². The molecule has 4 nitrogen and oxygen atoms in total. The van der Waals surface area contributed by atoms with E-state index in [0.29, 0.717) is 22.0 Å². The Hall–Kier alpha value is -1.34.